The Morgan fingerprint density at radius 1 is 0.522 bits per heavy atom. The minimum absolute atomic E-state index is 0.133. The first-order valence-electron chi connectivity index (χ1n) is 15.7. The van der Waals surface area contributed by atoms with E-state index in [-0.39, 0.29) is 35.7 Å². The quantitative estimate of drug-likeness (QED) is 0.0742. The van der Waals surface area contributed by atoms with Crippen molar-refractivity contribution in [3.8, 4) is 0 Å². The summed E-state index contributed by atoms with van der Waals surface area (Å²) in [7, 11) is 3.32. The lowest BCUT2D eigenvalue weighted by molar-refractivity contribution is -0.126. The predicted molar refractivity (Wildman–Crippen MR) is 180 cm³/mol. The highest BCUT2D eigenvalue weighted by atomic mass is 16.2. The molecule has 0 saturated heterocycles. The lowest BCUT2D eigenvalue weighted by Gasteiger charge is -2.19. The average molecular weight is 647 g/mol. The average Bonchev–Trinajstić information content (AvgIpc) is 3.05. The molecule has 0 aromatic heterocycles. The molecule has 0 heterocycles. The number of amides is 8. The molecule has 0 saturated carbocycles. The van der Waals surface area contributed by atoms with Crippen LogP contribution in [-0.2, 0) is 19.2 Å². The number of allylic oxidation sites excluding steroid dienone is 2. The second-order valence-electron chi connectivity index (χ2n) is 10.3. The van der Waals surface area contributed by atoms with Crippen LogP contribution in [0.4, 0.5) is 9.59 Å². The Hall–Kier alpha value is -4.62. The number of urea groups is 2. The Morgan fingerprint density at radius 3 is 1.26 bits per heavy atom. The number of nitrogens with zero attached hydrogens (tertiary/aromatic N) is 4. The third-order valence-corrected chi connectivity index (χ3v) is 6.77. The van der Waals surface area contributed by atoms with Crippen molar-refractivity contribution in [2.24, 2.45) is 0 Å². The highest BCUT2D eigenvalue weighted by Gasteiger charge is 2.10. The van der Waals surface area contributed by atoms with Gasteiger partial charge in [0.15, 0.2) is 0 Å². The molecule has 0 atom stereocenters. The molecule has 0 unspecified atom stereocenters. The van der Waals surface area contributed by atoms with E-state index in [4.69, 9.17) is 0 Å². The first-order valence-corrected chi connectivity index (χ1v) is 15.7. The SMILES string of the molecule is C=CC(=O)N(C)CCCNC(=O)NCCCN(C)C(=O)/C=C/C=C/C(=O)N(CC)CCCNC(=O)NCCCN(CC)C(=O)C=C. The number of nitrogens with one attached hydrogen (secondary N) is 4. The summed E-state index contributed by atoms with van der Waals surface area (Å²) in [5.41, 5.74) is 0. The second kappa shape index (κ2) is 25.7. The second-order valence-corrected chi connectivity index (χ2v) is 10.3. The molecule has 0 rings (SSSR count). The van der Waals surface area contributed by atoms with Gasteiger partial charge in [0.05, 0.1) is 0 Å². The third kappa shape index (κ3) is 19.6. The van der Waals surface area contributed by atoms with Crippen LogP contribution in [0.15, 0.2) is 49.6 Å². The van der Waals surface area contributed by atoms with Crippen molar-refractivity contribution in [2.75, 3.05) is 79.5 Å². The van der Waals surface area contributed by atoms with Crippen molar-refractivity contribution >= 4 is 35.7 Å². The van der Waals surface area contributed by atoms with Crippen LogP contribution in [0.25, 0.3) is 0 Å². The fourth-order valence-corrected chi connectivity index (χ4v) is 3.97. The molecule has 0 radical (unpaired) electrons. The zero-order chi connectivity index (χ0) is 34.7. The molecule has 0 aliphatic carbocycles. The van der Waals surface area contributed by atoms with Crippen molar-refractivity contribution in [3.63, 3.8) is 0 Å². The standard InChI is InChI=1S/C32H54N8O6/c1-7-27(41)37(5)23-13-19-33-31(45)34-20-14-24-38(6)29(43)17-11-12-18-30(44)40(10-4)26-16-22-36-32(46)35-21-15-25-39(9-3)28(42)8-2/h7-8,11-12,17-18H,1-2,9-10,13-16,19-26H2,3-6H3,(H2,33,34,45)(H2,35,36,46)/b17-11+,18-12+. The molecular weight excluding hydrogens is 592 g/mol. The van der Waals surface area contributed by atoms with Gasteiger partial charge in [0.2, 0.25) is 23.6 Å². The predicted octanol–water partition coefficient (Wildman–Crippen LogP) is 1.24. The molecule has 14 nitrogen and oxygen atoms in total. The van der Waals surface area contributed by atoms with Crippen LogP contribution >= 0.6 is 0 Å². The molecule has 46 heavy (non-hydrogen) atoms. The van der Waals surface area contributed by atoms with Gasteiger partial charge in [-0.2, -0.15) is 0 Å². The number of carbonyl (C=O) groups is 6. The lowest BCUT2D eigenvalue weighted by Crippen LogP contribution is -2.39. The van der Waals surface area contributed by atoms with Crippen LogP contribution in [-0.4, -0.2) is 135 Å². The molecule has 14 heteroatoms. The zero-order valence-corrected chi connectivity index (χ0v) is 28.0. The van der Waals surface area contributed by atoms with Gasteiger partial charge in [-0.25, -0.2) is 9.59 Å². The summed E-state index contributed by atoms with van der Waals surface area (Å²) in [5.74, 6) is -0.733. The first-order chi connectivity index (χ1) is 22.0. The van der Waals surface area contributed by atoms with E-state index in [1.54, 1.807) is 23.9 Å². The maximum absolute atomic E-state index is 12.5. The number of likely N-dealkylation sites (N-methyl/N-ethyl adjacent to an activating group) is 4. The molecule has 0 aromatic rings. The van der Waals surface area contributed by atoms with Crippen molar-refractivity contribution in [3.05, 3.63) is 49.6 Å². The summed E-state index contributed by atoms with van der Waals surface area (Å²) in [5, 5.41) is 11.0. The van der Waals surface area contributed by atoms with Gasteiger partial charge in [0.25, 0.3) is 0 Å². The molecule has 0 aliphatic rings. The number of carbonyl (C=O) groups excluding carboxylic acids is 6. The largest absolute Gasteiger partial charge is 0.342 e. The van der Waals surface area contributed by atoms with Gasteiger partial charge in [-0.1, -0.05) is 25.3 Å². The Morgan fingerprint density at radius 2 is 0.870 bits per heavy atom. The smallest absolute Gasteiger partial charge is 0.314 e. The van der Waals surface area contributed by atoms with Gasteiger partial charge in [-0.3, -0.25) is 19.2 Å². The summed E-state index contributed by atoms with van der Waals surface area (Å²) in [4.78, 5) is 78.1. The van der Waals surface area contributed by atoms with Crippen LogP contribution in [0.2, 0.25) is 0 Å². The van der Waals surface area contributed by atoms with Crippen LogP contribution in [0.3, 0.4) is 0 Å². The topological polar surface area (TPSA) is 164 Å². The Bertz CT molecular complexity index is 1060. The molecule has 4 N–H and O–H groups in total. The van der Waals surface area contributed by atoms with E-state index in [1.807, 2.05) is 13.8 Å². The first kappa shape index (κ1) is 41.4. The van der Waals surface area contributed by atoms with Crippen molar-refractivity contribution < 1.29 is 28.8 Å². The highest BCUT2D eigenvalue weighted by molar-refractivity contribution is 5.90. The van der Waals surface area contributed by atoms with Crippen molar-refractivity contribution in [1.29, 1.82) is 0 Å². The van der Waals surface area contributed by atoms with E-state index in [9.17, 15) is 28.8 Å². The summed E-state index contributed by atoms with van der Waals surface area (Å²) in [6, 6.07) is -0.613. The maximum Gasteiger partial charge on any atom is 0.314 e. The van der Waals surface area contributed by atoms with Gasteiger partial charge < -0.3 is 40.9 Å². The van der Waals surface area contributed by atoms with E-state index >= 15 is 0 Å². The van der Waals surface area contributed by atoms with E-state index < -0.39 is 0 Å². The molecule has 0 spiro atoms. The fourth-order valence-electron chi connectivity index (χ4n) is 3.97. The Kier molecular flexibility index (Phi) is 23.1. The van der Waals surface area contributed by atoms with Crippen LogP contribution in [0, 0.1) is 0 Å². The molecule has 0 fully saturated rings. The molecule has 0 aliphatic heterocycles. The van der Waals surface area contributed by atoms with Gasteiger partial charge in [-0.05, 0) is 51.7 Å². The number of rotatable bonds is 23. The van der Waals surface area contributed by atoms with Gasteiger partial charge >= 0.3 is 12.1 Å². The fraction of sp³-hybridized carbons (Fsp3) is 0.562. The summed E-state index contributed by atoms with van der Waals surface area (Å²) in [6.45, 7) is 15.3. The number of hydrogen-bond donors (Lipinski definition) is 4. The van der Waals surface area contributed by atoms with Crippen LogP contribution < -0.4 is 21.3 Å². The molecule has 8 amide bonds. The summed E-state index contributed by atoms with van der Waals surface area (Å²) in [6.07, 6.45) is 10.7. The summed E-state index contributed by atoms with van der Waals surface area (Å²) >= 11 is 0. The minimum atomic E-state index is -0.311. The van der Waals surface area contributed by atoms with Gasteiger partial charge in [0.1, 0.15) is 0 Å². The minimum Gasteiger partial charge on any atom is -0.342 e. The Balaban J connectivity index is 4.17. The van der Waals surface area contributed by atoms with Crippen molar-refractivity contribution in [1.82, 2.24) is 40.9 Å². The number of hydrogen-bond acceptors (Lipinski definition) is 6. The van der Waals surface area contributed by atoms with Crippen LogP contribution in [0.1, 0.15) is 39.5 Å². The van der Waals surface area contributed by atoms with Crippen molar-refractivity contribution in [2.45, 2.75) is 39.5 Å². The van der Waals surface area contributed by atoms with E-state index in [1.165, 1.54) is 46.3 Å². The lowest BCUT2D eigenvalue weighted by atomic mass is 10.3. The van der Waals surface area contributed by atoms with Crippen LogP contribution in [0.5, 0.6) is 0 Å². The van der Waals surface area contributed by atoms with E-state index in [0.29, 0.717) is 91.1 Å². The van der Waals surface area contributed by atoms with Gasteiger partial charge in [0, 0.05) is 91.7 Å². The van der Waals surface area contributed by atoms with E-state index in [0.717, 1.165) is 0 Å². The molecule has 0 aromatic carbocycles. The molecular formula is C32H54N8O6. The maximum atomic E-state index is 12.5. The normalized spacial score (nSPS) is 10.6. The van der Waals surface area contributed by atoms with E-state index in [2.05, 4.69) is 34.4 Å². The Labute approximate surface area is 274 Å². The highest BCUT2D eigenvalue weighted by Crippen LogP contribution is 1.97. The summed E-state index contributed by atoms with van der Waals surface area (Å²) < 4.78 is 0. The third-order valence-electron chi connectivity index (χ3n) is 6.77. The van der Waals surface area contributed by atoms with Gasteiger partial charge in [-0.15, -0.1) is 0 Å². The monoisotopic (exact) mass is 646 g/mol. The molecule has 258 valence electrons. The molecule has 0 bridgehead atoms. The zero-order valence-electron chi connectivity index (χ0n) is 28.0.